The second-order valence-corrected chi connectivity index (χ2v) is 7.04. The van der Waals surface area contributed by atoms with E-state index in [0.29, 0.717) is 12.4 Å². The highest BCUT2D eigenvalue weighted by atomic mass is 16.2. The summed E-state index contributed by atoms with van der Waals surface area (Å²) in [6.07, 6.45) is 7.25. The van der Waals surface area contributed by atoms with E-state index in [9.17, 15) is 4.79 Å². The highest BCUT2D eigenvalue weighted by molar-refractivity contribution is 5.90. The molecule has 2 amide bonds. The number of aryl methyl sites for hydroxylation is 1. The molecule has 30 heavy (non-hydrogen) atoms. The van der Waals surface area contributed by atoms with E-state index in [2.05, 4.69) is 32.8 Å². The average molecular weight is 405 g/mol. The summed E-state index contributed by atoms with van der Waals surface area (Å²) in [5.41, 5.74) is 4.42. The van der Waals surface area contributed by atoms with Crippen LogP contribution in [0.1, 0.15) is 44.0 Å². The number of amides is 2. The van der Waals surface area contributed by atoms with Crippen LogP contribution >= 0.6 is 0 Å². The number of carbonyl (C=O) groups is 1. The minimum Gasteiger partial charge on any atom is -0.360 e. The Morgan fingerprint density at radius 3 is 2.70 bits per heavy atom. The van der Waals surface area contributed by atoms with Crippen LogP contribution in [-0.4, -0.2) is 27.5 Å². The summed E-state index contributed by atoms with van der Waals surface area (Å²) in [4.78, 5) is 25.4. The van der Waals surface area contributed by atoms with E-state index in [-0.39, 0.29) is 12.1 Å². The van der Waals surface area contributed by atoms with E-state index >= 15 is 0 Å². The van der Waals surface area contributed by atoms with Gasteiger partial charge in [0.1, 0.15) is 5.82 Å². The number of benzene rings is 1. The Balaban J connectivity index is 1.79. The first-order valence-corrected chi connectivity index (χ1v) is 10.3. The van der Waals surface area contributed by atoms with Crippen molar-refractivity contribution in [3.8, 4) is 11.3 Å². The summed E-state index contributed by atoms with van der Waals surface area (Å²) < 4.78 is 0. The number of aromatic nitrogens is 3. The van der Waals surface area contributed by atoms with Crippen molar-refractivity contribution in [3.05, 3.63) is 66.2 Å². The SMILES string of the molecule is CCCC(Nc1cncc(-c2ccc(NC(=O)NCC)c(C)c2)n1)c1ccccn1. The second kappa shape index (κ2) is 10.3. The molecule has 0 saturated carbocycles. The van der Waals surface area contributed by atoms with E-state index in [4.69, 9.17) is 4.98 Å². The van der Waals surface area contributed by atoms with E-state index in [0.717, 1.165) is 41.0 Å². The predicted octanol–water partition coefficient (Wildman–Crippen LogP) is 4.94. The molecule has 1 aromatic carbocycles. The zero-order valence-corrected chi connectivity index (χ0v) is 17.6. The smallest absolute Gasteiger partial charge is 0.319 e. The molecule has 2 heterocycles. The number of rotatable bonds is 8. The van der Waals surface area contributed by atoms with Gasteiger partial charge in [0, 0.05) is 24.0 Å². The molecule has 0 spiro atoms. The Hall–Kier alpha value is -3.48. The first-order chi connectivity index (χ1) is 14.6. The lowest BCUT2D eigenvalue weighted by atomic mass is 10.1. The number of urea groups is 1. The molecule has 7 heteroatoms. The van der Waals surface area contributed by atoms with Gasteiger partial charge in [0.05, 0.1) is 29.8 Å². The topological polar surface area (TPSA) is 91.8 Å². The molecule has 0 aliphatic rings. The maximum absolute atomic E-state index is 11.8. The van der Waals surface area contributed by atoms with Gasteiger partial charge in [-0.15, -0.1) is 0 Å². The monoisotopic (exact) mass is 404 g/mol. The number of hydrogen-bond donors (Lipinski definition) is 3. The number of anilines is 2. The second-order valence-electron chi connectivity index (χ2n) is 7.04. The lowest BCUT2D eigenvalue weighted by molar-refractivity contribution is 0.252. The third-order valence-corrected chi connectivity index (χ3v) is 4.69. The lowest BCUT2D eigenvalue weighted by Crippen LogP contribution is -2.28. The van der Waals surface area contributed by atoms with Gasteiger partial charge in [-0.1, -0.05) is 25.5 Å². The molecule has 3 aromatic rings. The van der Waals surface area contributed by atoms with Crippen LogP contribution in [0.2, 0.25) is 0 Å². The maximum Gasteiger partial charge on any atom is 0.319 e. The Bertz CT molecular complexity index is 976. The molecular weight excluding hydrogens is 376 g/mol. The molecule has 0 aliphatic carbocycles. The van der Waals surface area contributed by atoms with Crippen LogP contribution in [0.25, 0.3) is 11.3 Å². The molecule has 1 unspecified atom stereocenters. The predicted molar refractivity (Wildman–Crippen MR) is 120 cm³/mol. The largest absolute Gasteiger partial charge is 0.360 e. The summed E-state index contributed by atoms with van der Waals surface area (Å²) in [5, 5.41) is 9.06. The fourth-order valence-electron chi connectivity index (χ4n) is 3.21. The number of hydrogen-bond acceptors (Lipinski definition) is 5. The van der Waals surface area contributed by atoms with Crippen molar-refractivity contribution in [2.24, 2.45) is 0 Å². The van der Waals surface area contributed by atoms with E-state index in [1.807, 2.05) is 50.2 Å². The van der Waals surface area contributed by atoms with Gasteiger partial charge in [0.2, 0.25) is 0 Å². The Morgan fingerprint density at radius 1 is 1.13 bits per heavy atom. The van der Waals surface area contributed by atoms with E-state index < -0.39 is 0 Å². The first kappa shape index (κ1) is 21.2. The third-order valence-electron chi connectivity index (χ3n) is 4.69. The zero-order chi connectivity index (χ0) is 21.3. The van der Waals surface area contributed by atoms with Crippen LogP contribution in [0.15, 0.2) is 55.0 Å². The standard InChI is InChI=1S/C23H28N6O/c1-4-8-20(19-9-6-7-12-26-19)27-22-15-24-14-21(28-22)17-10-11-18(16(3)13-17)29-23(30)25-5-2/h6-7,9-15,20H,4-5,8H2,1-3H3,(H,27,28)(H2,25,29,30). The normalized spacial score (nSPS) is 11.6. The Morgan fingerprint density at radius 2 is 2.00 bits per heavy atom. The molecule has 2 aromatic heterocycles. The molecule has 0 saturated heterocycles. The van der Waals surface area contributed by atoms with Gasteiger partial charge in [-0.2, -0.15) is 0 Å². The zero-order valence-electron chi connectivity index (χ0n) is 17.6. The summed E-state index contributed by atoms with van der Waals surface area (Å²) in [6, 6.07) is 11.6. The molecule has 3 N–H and O–H groups in total. The van der Waals surface area contributed by atoms with Gasteiger partial charge in [0.25, 0.3) is 0 Å². The van der Waals surface area contributed by atoms with E-state index in [1.165, 1.54) is 0 Å². The Kier molecular flexibility index (Phi) is 7.32. The average Bonchev–Trinajstić information content (AvgIpc) is 2.76. The van der Waals surface area contributed by atoms with Crippen LogP contribution in [-0.2, 0) is 0 Å². The van der Waals surface area contributed by atoms with E-state index in [1.54, 1.807) is 18.6 Å². The molecule has 7 nitrogen and oxygen atoms in total. The molecule has 0 radical (unpaired) electrons. The lowest BCUT2D eigenvalue weighted by Gasteiger charge is -2.18. The van der Waals surface area contributed by atoms with Crippen LogP contribution < -0.4 is 16.0 Å². The van der Waals surface area contributed by atoms with Crippen LogP contribution in [0.4, 0.5) is 16.3 Å². The molecule has 0 bridgehead atoms. The minimum atomic E-state index is -0.212. The van der Waals surface area contributed by atoms with Gasteiger partial charge in [-0.3, -0.25) is 9.97 Å². The van der Waals surface area contributed by atoms with Crippen molar-refractivity contribution in [2.75, 3.05) is 17.2 Å². The first-order valence-electron chi connectivity index (χ1n) is 10.3. The van der Waals surface area contributed by atoms with Crippen molar-refractivity contribution in [2.45, 2.75) is 39.7 Å². The summed E-state index contributed by atoms with van der Waals surface area (Å²) in [6.45, 7) is 6.57. The molecule has 0 fully saturated rings. The van der Waals surface area contributed by atoms with Crippen LogP contribution in [0.5, 0.6) is 0 Å². The van der Waals surface area contributed by atoms with Crippen LogP contribution in [0, 0.1) is 6.92 Å². The van der Waals surface area contributed by atoms with Crippen LogP contribution in [0.3, 0.4) is 0 Å². The third kappa shape index (κ3) is 5.53. The summed E-state index contributed by atoms with van der Waals surface area (Å²) in [5.74, 6) is 0.707. The van der Waals surface area contributed by atoms with Gasteiger partial charge >= 0.3 is 6.03 Å². The number of carbonyl (C=O) groups excluding carboxylic acids is 1. The fourth-order valence-corrected chi connectivity index (χ4v) is 3.21. The molecule has 1 atom stereocenters. The number of nitrogens with one attached hydrogen (secondary N) is 3. The van der Waals surface area contributed by atoms with Crippen molar-refractivity contribution in [3.63, 3.8) is 0 Å². The summed E-state index contributed by atoms with van der Waals surface area (Å²) >= 11 is 0. The number of pyridine rings is 1. The highest BCUT2D eigenvalue weighted by Gasteiger charge is 2.13. The molecular formula is C23H28N6O. The van der Waals surface area contributed by atoms with Crippen molar-refractivity contribution in [1.29, 1.82) is 0 Å². The quantitative estimate of drug-likeness (QED) is 0.494. The number of nitrogens with zero attached hydrogens (tertiary/aromatic N) is 3. The fraction of sp³-hybridized carbons (Fsp3) is 0.304. The van der Waals surface area contributed by atoms with Crippen molar-refractivity contribution in [1.82, 2.24) is 20.3 Å². The molecule has 3 rings (SSSR count). The van der Waals surface area contributed by atoms with Gasteiger partial charge in [0.15, 0.2) is 0 Å². The van der Waals surface area contributed by atoms with Crippen molar-refractivity contribution >= 4 is 17.5 Å². The minimum absolute atomic E-state index is 0.0751. The summed E-state index contributed by atoms with van der Waals surface area (Å²) in [7, 11) is 0. The maximum atomic E-state index is 11.8. The van der Waals surface area contributed by atoms with Gasteiger partial charge in [-0.25, -0.2) is 9.78 Å². The molecule has 0 aliphatic heterocycles. The van der Waals surface area contributed by atoms with Crippen molar-refractivity contribution < 1.29 is 4.79 Å². The highest BCUT2D eigenvalue weighted by Crippen LogP contribution is 2.26. The van der Waals surface area contributed by atoms with Gasteiger partial charge < -0.3 is 16.0 Å². The Labute approximate surface area is 177 Å². The molecule has 156 valence electrons. The van der Waals surface area contributed by atoms with Gasteiger partial charge in [-0.05, 0) is 50.1 Å².